The Labute approximate surface area is 144 Å². The van der Waals surface area contributed by atoms with Crippen molar-refractivity contribution in [2.24, 2.45) is 0 Å². The van der Waals surface area contributed by atoms with Crippen LogP contribution in [0, 0.1) is 0 Å². The lowest BCUT2D eigenvalue weighted by Gasteiger charge is -2.15. The fraction of sp³-hybridized carbons (Fsp3) is 0.412. The summed E-state index contributed by atoms with van der Waals surface area (Å²) in [6.07, 6.45) is 8.75. The van der Waals surface area contributed by atoms with Gasteiger partial charge in [0, 0.05) is 29.6 Å². The van der Waals surface area contributed by atoms with Gasteiger partial charge in [-0.05, 0) is 26.0 Å². The number of pyridine rings is 1. The van der Waals surface area contributed by atoms with Crippen molar-refractivity contribution in [2.45, 2.75) is 32.2 Å². The standard InChI is InChI=1S/C17H19ClF2N4/c1-3-13(18)5-4-12(2)24-15-10-21-8-6-14(15)16(22-24)23-9-7-17(19,20)11-23/h3-6,8,10,12H,7,9,11H2,1-2H3/b5-4-,13-3+. The Morgan fingerprint density at radius 1 is 1.46 bits per heavy atom. The van der Waals surface area contributed by atoms with Crippen LogP contribution in [0.15, 0.2) is 41.7 Å². The Morgan fingerprint density at radius 2 is 2.25 bits per heavy atom. The maximum Gasteiger partial charge on any atom is 0.266 e. The van der Waals surface area contributed by atoms with E-state index in [1.807, 2.05) is 26.0 Å². The molecule has 4 nitrogen and oxygen atoms in total. The van der Waals surface area contributed by atoms with Gasteiger partial charge in [0.15, 0.2) is 5.82 Å². The molecule has 0 radical (unpaired) electrons. The molecule has 2 aromatic rings. The van der Waals surface area contributed by atoms with Crippen molar-refractivity contribution >= 4 is 28.3 Å². The van der Waals surface area contributed by atoms with E-state index in [0.29, 0.717) is 17.4 Å². The molecule has 1 aliphatic heterocycles. The first kappa shape index (κ1) is 16.9. The zero-order valence-corrected chi connectivity index (χ0v) is 14.3. The van der Waals surface area contributed by atoms with Crippen molar-refractivity contribution in [1.29, 1.82) is 0 Å². The van der Waals surface area contributed by atoms with Gasteiger partial charge in [0.2, 0.25) is 0 Å². The van der Waals surface area contributed by atoms with Crippen LogP contribution in [-0.4, -0.2) is 33.8 Å². The van der Waals surface area contributed by atoms with Gasteiger partial charge in [-0.15, -0.1) is 0 Å². The molecule has 0 N–H and O–H groups in total. The van der Waals surface area contributed by atoms with E-state index in [1.54, 1.807) is 34.1 Å². The Hall–Kier alpha value is -1.95. The lowest BCUT2D eigenvalue weighted by molar-refractivity contribution is 0.0257. The molecule has 0 amide bonds. The summed E-state index contributed by atoms with van der Waals surface area (Å²) in [6.45, 7) is 3.83. The lowest BCUT2D eigenvalue weighted by Crippen LogP contribution is -2.25. The van der Waals surface area contributed by atoms with Gasteiger partial charge in [-0.3, -0.25) is 9.67 Å². The van der Waals surface area contributed by atoms with Crippen molar-refractivity contribution in [3.8, 4) is 0 Å². The summed E-state index contributed by atoms with van der Waals surface area (Å²) in [7, 11) is 0. The molecule has 24 heavy (non-hydrogen) atoms. The second-order valence-corrected chi connectivity index (χ2v) is 6.40. The molecule has 1 aliphatic rings. The van der Waals surface area contributed by atoms with Crippen LogP contribution >= 0.6 is 11.6 Å². The molecule has 0 spiro atoms. The number of halogens is 3. The maximum absolute atomic E-state index is 13.6. The van der Waals surface area contributed by atoms with Gasteiger partial charge >= 0.3 is 0 Å². The number of anilines is 1. The molecule has 0 aromatic carbocycles. The van der Waals surface area contributed by atoms with Crippen molar-refractivity contribution in [3.05, 3.63) is 41.7 Å². The lowest BCUT2D eigenvalue weighted by atomic mass is 10.2. The summed E-state index contributed by atoms with van der Waals surface area (Å²) in [5, 5.41) is 6.06. The van der Waals surface area contributed by atoms with Crippen LogP contribution in [-0.2, 0) is 0 Å². The van der Waals surface area contributed by atoms with Crippen LogP contribution in [0.2, 0.25) is 0 Å². The molecule has 3 heterocycles. The number of nitrogens with zero attached hydrogens (tertiary/aromatic N) is 4. The number of aromatic nitrogens is 3. The van der Waals surface area contributed by atoms with Crippen LogP contribution in [0.1, 0.15) is 26.3 Å². The summed E-state index contributed by atoms with van der Waals surface area (Å²) in [6, 6.07) is 1.74. The van der Waals surface area contributed by atoms with E-state index in [2.05, 4.69) is 10.1 Å². The highest BCUT2D eigenvalue weighted by Crippen LogP contribution is 2.34. The summed E-state index contributed by atoms with van der Waals surface area (Å²) >= 11 is 6.00. The Morgan fingerprint density at radius 3 is 2.92 bits per heavy atom. The van der Waals surface area contributed by atoms with Crippen LogP contribution in [0.3, 0.4) is 0 Å². The maximum atomic E-state index is 13.6. The van der Waals surface area contributed by atoms with E-state index >= 15 is 0 Å². The molecule has 0 aliphatic carbocycles. The van der Waals surface area contributed by atoms with Gasteiger partial charge in [0.1, 0.15) is 0 Å². The van der Waals surface area contributed by atoms with Crippen molar-refractivity contribution in [2.75, 3.05) is 18.0 Å². The highest BCUT2D eigenvalue weighted by molar-refractivity contribution is 6.31. The quantitative estimate of drug-likeness (QED) is 0.758. The number of rotatable bonds is 4. The zero-order chi connectivity index (χ0) is 17.3. The predicted molar refractivity (Wildman–Crippen MR) is 92.8 cm³/mol. The average molecular weight is 353 g/mol. The fourth-order valence-corrected chi connectivity index (χ4v) is 2.91. The molecule has 1 saturated heterocycles. The van der Waals surface area contributed by atoms with Crippen LogP contribution in [0.5, 0.6) is 0 Å². The van der Waals surface area contributed by atoms with Gasteiger partial charge in [0.05, 0.1) is 24.3 Å². The predicted octanol–water partition coefficient (Wildman–Crippen LogP) is 4.54. The van der Waals surface area contributed by atoms with Crippen molar-refractivity contribution < 1.29 is 8.78 Å². The first-order valence-corrected chi connectivity index (χ1v) is 8.24. The highest BCUT2D eigenvalue weighted by Gasteiger charge is 2.39. The molecular weight excluding hydrogens is 334 g/mol. The fourth-order valence-electron chi connectivity index (χ4n) is 2.84. The van der Waals surface area contributed by atoms with E-state index in [4.69, 9.17) is 11.6 Å². The van der Waals surface area contributed by atoms with E-state index in [-0.39, 0.29) is 19.0 Å². The molecule has 128 valence electrons. The van der Waals surface area contributed by atoms with Crippen LogP contribution in [0.4, 0.5) is 14.6 Å². The molecule has 0 bridgehead atoms. The Balaban J connectivity index is 1.99. The highest BCUT2D eigenvalue weighted by atomic mass is 35.5. The minimum atomic E-state index is -2.66. The molecule has 1 fully saturated rings. The zero-order valence-electron chi connectivity index (χ0n) is 13.6. The van der Waals surface area contributed by atoms with Gasteiger partial charge in [0.25, 0.3) is 5.92 Å². The third-order valence-corrected chi connectivity index (χ3v) is 4.50. The molecule has 1 unspecified atom stereocenters. The molecule has 0 saturated carbocycles. The van der Waals surface area contributed by atoms with Gasteiger partial charge in [-0.1, -0.05) is 23.8 Å². The topological polar surface area (TPSA) is 34.0 Å². The van der Waals surface area contributed by atoms with E-state index in [1.165, 1.54) is 0 Å². The van der Waals surface area contributed by atoms with Gasteiger partial charge in [-0.2, -0.15) is 5.10 Å². The largest absolute Gasteiger partial charge is 0.348 e. The summed E-state index contributed by atoms with van der Waals surface area (Å²) < 4.78 is 28.9. The first-order valence-electron chi connectivity index (χ1n) is 7.86. The molecule has 2 aromatic heterocycles. The second kappa shape index (κ2) is 6.51. The van der Waals surface area contributed by atoms with Gasteiger partial charge in [-0.25, -0.2) is 8.78 Å². The third kappa shape index (κ3) is 3.29. The van der Waals surface area contributed by atoms with Crippen molar-refractivity contribution in [1.82, 2.24) is 14.8 Å². The minimum Gasteiger partial charge on any atom is -0.348 e. The monoisotopic (exact) mass is 352 g/mol. The summed E-state index contributed by atoms with van der Waals surface area (Å²) in [4.78, 5) is 5.79. The van der Waals surface area contributed by atoms with Crippen LogP contribution in [0.25, 0.3) is 10.9 Å². The minimum absolute atomic E-state index is 0.0812. The van der Waals surface area contributed by atoms with Crippen molar-refractivity contribution in [3.63, 3.8) is 0 Å². The number of allylic oxidation sites excluding steroid dienone is 4. The number of fused-ring (bicyclic) bond motifs is 1. The van der Waals surface area contributed by atoms with E-state index < -0.39 is 5.92 Å². The van der Waals surface area contributed by atoms with Gasteiger partial charge < -0.3 is 4.90 Å². The number of alkyl halides is 2. The summed E-state index contributed by atoms with van der Waals surface area (Å²) in [5.74, 6) is -2.07. The summed E-state index contributed by atoms with van der Waals surface area (Å²) in [5.41, 5.74) is 0.816. The smallest absolute Gasteiger partial charge is 0.266 e. The average Bonchev–Trinajstić information content (AvgIpc) is 3.12. The Bertz CT molecular complexity index is 797. The molecular formula is C17H19ClF2N4. The number of hydrogen-bond donors (Lipinski definition) is 0. The van der Waals surface area contributed by atoms with E-state index in [0.717, 1.165) is 10.9 Å². The third-order valence-electron chi connectivity index (χ3n) is 4.15. The second-order valence-electron chi connectivity index (χ2n) is 5.96. The SMILES string of the molecule is C/C=C(Cl)\C=C/C(C)n1nc(N2CCC(F)(F)C2)c2ccncc21. The molecule has 3 rings (SSSR count). The molecule has 1 atom stereocenters. The van der Waals surface area contributed by atoms with Crippen LogP contribution < -0.4 is 4.90 Å². The number of hydrogen-bond acceptors (Lipinski definition) is 3. The van der Waals surface area contributed by atoms with E-state index in [9.17, 15) is 8.78 Å². The normalized spacial score (nSPS) is 19.5. The first-order chi connectivity index (χ1) is 11.4. The molecule has 7 heteroatoms. The Kier molecular flexibility index (Phi) is 4.58.